The van der Waals surface area contributed by atoms with Gasteiger partial charge in [0.1, 0.15) is 0 Å². The zero-order valence-corrected chi connectivity index (χ0v) is 19.1. The molecule has 0 unspecified atom stereocenters. The number of fused-ring (bicyclic) bond motifs is 3. The predicted molar refractivity (Wildman–Crippen MR) is 126 cm³/mol. The van der Waals surface area contributed by atoms with Gasteiger partial charge in [-0.05, 0) is 35.2 Å². The summed E-state index contributed by atoms with van der Waals surface area (Å²) < 4.78 is 43.6. The Kier molecular flexibility index (Phi) is 5.06. The molecule has 6 heteroatoms. The van der Waals surface area contributed by atoms with Gasteiger partial charge in [-0.3, -0.25) is 3.11 Å². The summed E-state index contributed by atoms with van der Waals surface area (Å²) in [6.45, 7) is 6.50. The molecule has 4 rings (SSSR count). The smallest absolute Gasteiger partial charge is 0.282 e. The van der Waals surface area contributed by atoms with E-state index in [-0.39, 0.29) is 10.1 Å². The fraction of sp³-hybridized carbons (Fsp3) is 0.217. The van der Waals surface area contributed by atoms with Gasteiger partial charge < -0.3 is 0 Å². The Hall–Kier alpha value is -1.80. The number of anilines is 2. The fourth-order valence-corrected chi connectivity index (χ4v) is 5.64. The van der Waals surface area contributed by atoms with Crippen LogP contribution in [-0.4, -0.2) is 0 Å². The molecule has 0 atom stereocenters. The highest BCUT2D eigenvalue weighted by atomic mass is 127. The first-order chi connectivity index (χ1) is 13.6. The summed E-state index contributed by atoms with van der Waals surface area (Å²) in [6.07, 6.45) is -4.37. The molecule has 0 bridgehead atoms. The van der Waals surface area contributed by atoms with Crippen molar-refractivity contribution in [1.82, 2.24) is 0 Å². The van der Waals surface area contributed by atoms with Gasteiger partial charge in [-0.25, -0.2) is 0 Å². The number of alkyl halides is 3. The third-order valence-electron chi connectivity index (χ3n) is 4.98. The SMILES string of the molecule is CC(C)(C)c1ccc(N(I)c2cccc3c2sc2c(C(F)(F)F)cccc23)cc1. The van der Waals surface area contributed by atoms with Gasteiger partial charge in [0.15, 0.2) is 0 Å². The van der Waals surface area contributed by atoms with E-state index in [0.717, 1.165) is 27.5 Å². The van der Waals surface area contributed by atoms with E-state index >= 15 is 0 Å². The van der Waals surface area contributed by atoms with Crippen LogP contribution in [0.2, 0.25) is 0 Å². The van der Waals surface area contributed by atoms with Gasteiger partial charge in [-0.1, -0.05) is 57.2 Å². The summed E-state index contributed by atoms with van der Waals surface area (Å²) in [4.78, 5) is 0. The van der Waals surface area contributed by atoms with Crippen molar-refractivity contribution in [1.29, 1.82) is 0 Å². The number of benzene rings is 3. The highest BCUT2D eigenvalue weighted by Gasteiger charge is 2.33. The van der Waals surface area contributed by atoms with Gasteiger partial charge in [-0.2, -0.15) is 13.2 Å². The standard InChI is InChI=1S/C23H19F3INS/c1-22(2,3)14-10-12-15(13-11-14)28(27)19-9-5-7-17-16-6-4-8-18(23(24,25)26)20(16)29-21(17)19/h4-13H,1-3H3. The largest absolute Gasteiger partial charge is 0.417 e. The van der Waals surface area contributed by atoms with Gasteiger partial charge in [0.05, 0.1) is 44.5 Å². The quantitative estimate of drug-likeness (QED) is 0.187. The van der Waals surface area contributed by atoms with Crippen LogP contribution in [0.25, 0.3) is 20.2 Å². The Morgan fingerprint density at radius 2 is 1.38 bits per heavy atom. The van der Waals surface area contributed by atoms with Crippen LogP contribution >= 0.6 is 34.2 Å². The molecule has 1 heterocycles. The summed E-state index contributed by atoms with van der Waals surface area (Å²) in [5.74, 6) is 0. The van der Waals surface area contributed by atoms with Crippen LogP contribution in [0.15, 0.2) is 60.7 Å². The molecule has 3 aromatic carbocycles. The van der Waals surface area contributed by atoms with E-state index in [0.29, 0.717) is 5.39 Å². The van der Waals surface area contributed by atoms with Crippen LogP contribution in [0.1, 0.15) is 31.9 Å². The molecule has 150 valence electrons. The Labute approximate surface area is 185 Å². The Morgan fingerprint density at radius 3 is 1.97 bits per heavy atom. The lowest BCUT2D eigenvalue weighted by atomic mass is 9.87. The molecule has 29 heavy (non-hydrogen) atoms. The Balaban J connectivity index is 1.86. The monoisotopic (exact) mass is 525 g/mol. The first kappa shape index (κ1) is 20.5. The third kappa shape index (κ3) is 3.72. The van der Waals surface area contributed by atoms with Crippen LogP contribution in [0.5, 0.6) is 0 Å². The number of nitrogens with zero attached hydrogens (tertiary/aromatic N) is 1. The van der Waals surface area contributed by atoms with Gasteiger partial charge in [-0.15, -0.1) is 11.3 Å². The second kappa shape index (κ2) is 7.16. The lowest BCUT2D eigenvalue weighted by Gasteiger charge is -2.22. The van der Waals surface area contributed by atoms with E-state index in [1.165, 1.54) is 23.0 Å². The van der Waals surface area contributed by atoms with Crippen molar-refractivity contribution in [3.63, 3.8) is 0 Å². The first-order valence-corrected chi connectivity index (χ1v) is 10.9. The third-order valence-corrected chi connectivity index (χ3v) is 7.33. The number of halogens is 4. The van der Waals surface area contributed by atoms with Crippen molar-refractivity contribution in [3.8, 4) is 0 Å². The minimum absolute atomic E-state index is 0.0636. The Bertz CT molecular complexity index is 1190. The number of thiophene rings is 1. The van der Waals surface area contributed by atoms with Crippen molar-refractivity contribution in [2.24, 2.45) is 0 Å². The van der Waals surface area contributed by atoms with E-state index < -0.39 is 11.7 Å². The summed E-state index contributed by atoms with van der Waals surface area (Å²) in [7, 11) is 0. The molecule has 0 saturated heterocycles. The van der Waals surface area contributed by atoms with E-state index in [2.05, 4.69) is 67.9 Å². The molecule has 0 radical (unpaired) electrons. The van der Waals surface area contributed by atoms with Gasteiger partial charge >= 0.3 is 6.18 Å². The molecule has 0 N–H and O–H groups in total. The van der Waals surface area contributed by atoms with Crippen LogP contribution in [0, 0.1) is 0 Å². The van der Waals surface area contributed by atoms with Gasteiger partial charge in [0.25, 0.3) is 0 Å². The van der Waals surface area contributed by atoms with E-state index in [1.54, 1.807) is 6.07 Å². The normalized spacial score (nSPS) is 12.7. The maximum absolute atomic E-state index is 13.5. The molecule has 0 amide bonds. The molecule has 1 aromatic heterocycles. The maximum atomic E-state index is 13.5. The average Bonchev–Trinajstić information content (AvgIpc) is 3.04. The lowest BCUT2D eigenvalue weighted by Crippen LogP contribution is -2.11. The molecule has 0 aliphatic rings. The minimum atomic E-state index is -4.37. The molecule has 4 aromatic rings. The predicted octanol–water partition coefficient (Wildman–Crippen LogP) is 8.86. The van der Waals surface area contributed by atoms with E-state index in [9.17, 15) is 13.2 Å². The van der Waals surface area contributed by atoms with Crippen LogP contribution in [0.4, 0.5) is 24.5 Å². The molecule has 0 fully saturated rings. The van der Waals surface area contributed by atoms with Crippen molar-refractivity contribution >= 4 is 65.7 Å². The topological polar surface area (TPSA) is 3.24 Å². The van der Waals surface area contributed by atoms with E-state index in [1.807, 2.05) is 21.3 Å². The summed E-state index contributed by atoms with van der Waals surface area (Å²) in [5.41, 5.74) is 2.60. The molecular formula is C23H19F3INS. The van der Waals surface area contributed by atoms with Crippen LogP contribution in [0.3, 0.4) is 0 Å². The number of rotatable bonds is 2. The second-order valence-electron chi connectivity index (χ2n) is 8.01. The lowest BCUT2D eigenvalue weighted by molar-refractivity contribution is -0.136. The molecule has 0 spiro atoms. The summed E-state index contributed by atoms with van der Waals surface area (Å²) in [5, 5.41) is 1.50. The fourth-order valence-electron chi connectivity index (χ4n) is 3.41. The molecule has 0 aliphatic carbocycles. The number of hydrogen-bond donors (Lipinski definition) is 0. The molecular weight excluding hydrogens is 506 g/mol. The van der Waals surface area contributed by atoms with Crippen molar-refractivity contribution in [2.45, 2.75) is 32.4 Å². The van der Waals surface area contributed by atoms with Gasteiger partial charge in [0, 0.05) is 15.5 Å². The van der Waals surface area contributed by atoms with Gasteiger partial charge in [0.2, 0.25) is 0 Å². The number of hydrogen-bond acceptors (Lipinski definition) is 2. The zero-order valence-electron chi connectivity index (χ0n) is 16.1. The summed E-state index contributed by atoms with van der Waals surface area (Å²) >= 11 is 3.43. The Morgan fingerprint density at radius 1 is 0.793 bits per heavy atom. The van der Waals surface area contributed by atoms with E-state index in [4.69, 9.17) is 0 Å². The average molecular weight is 525 g/mol. The molecule has 1 nitrogen and oxygen atoms in total. The van der Waals surface area contributed by atoms with Crippen molar-refractivity contribution in [3.05, 3.63) is 71.8 Å². The second-order valence-corrected chi connectivity index (χ2v) is 10.00. The molecule has 0 aliphatic heterocycles. The molecule has 0 saturated carbocycles. The zero-order chi connectivity index (χ0) is 21.0. The maximum Gasteiger partial charge on any atom is 0.417 e. The highest BCUT2D eigenvalue weighted by Crippen LogP contribution is 2.46. The first-order valence-electron chi connectivity index (χ1n) is 9.15. The van der Waals surface area contributed by atoms with Crippen LogP contribution in [-0.2, 0) is 11.6 Å². The summed E-state index contributed by atoms with van der Waals surface area (Å²) in [6, 6.07) is 18.5. The van der Waals surface area contributed by atoms with Crippen LogP contribution < -0.4 is 3.11 Å². The highest BCUT2D eigenvalue weighted by molar-refractivity contribution is 14.1. The van der Waals surface area contributed by atoms with Crippen molar-refractivity contribution < 1.29 is 13.2 Å². The minimum Gasteiger partial charge on any atom is -0.282 e. The van der Waals surface area contributed by atoms with Crippen molar-refractivity contribution in [2.75, 3.05) is 3.11 Å².